The molecular formula is C13H17F2N3O3. The number of halogens is 2. The van der Waals surface area contributed by atoms with Crippen molar-refractivity contribution in [1.82, 2.24) is 9.55 Å². The SMILES string of the molecule is COc1cc2nc(N)n(CCOCC(F)F)c2cc1OC. The molecule has 0 radical (unpaired) electrons. The first-order chi connectivity index (χ1) is 10.1. The Bertz CT molecular complexity index is 616. The van der Waals surface area contributed by atoms with Crippen molar-refractivity contribution in [2.24, 2.45) is 0 Å². The van der Waals surface area contributed by atoms with Gasteiger partial charge >= 0.3 is 0 Å². The Hall–Kier alpha value is -2.09. The molecule has 0 aliphatic rings. The Balaban J connectivity index is 2.24. The maximum Gasteiger partial charge on any atom is 0.261 e. The molecule has 6 nitrogen and oxygen atoms in total. The normalized spacial score (nSPS) is 11.3. The number of nitrogen functional groups attached to an aromatic ring is 1. The standard InChI is InChI=1S/C13H17F2N3O3/c1-19-10-5-8-9(6-11(10)20-2)18(13(16)17-8)3-4-21-7-12(14)15/h5-6,12H,3-4,7H2,1-2H3,(H2,16,17). The summed E-state index contributed by atoms with van der Waals surface area (Å²) in [7, 11) is 3.06. The molecule has 2 N–H and O–H groups in total. The van der Waals surface area contributed by atoms with E-state index in [1.165, 1.54) is 14.2 Å². The summed E-state index contributed by atoms with van der Waals surface area (Å²) in [4.78, 5) is 4.21. The third-order valence-corrected chi connectivity index (χ3v) is 2.99. The van der Waals surface area contributed by atoms with Gasteiger partial charge in [-0.1, -0.05) is 0 Å². The van der Waals surface area contributed by atoms with Crippen LogP contribution in [0.5, 0.6) is 11.5 Å². The summed E-state index contributed by atoms with van der Waals surface area (Å²) in [6.45, 7) is -0.150. The van der Waals surface area contributed by atoms with Crippen LogP contribution in [0.4, 0.5) is 14.7 Å². The monoisotopic (exact) mass is 301 g/mol. The second-order valence-corrected chi connectivity index (χ2v) is 4.28. The summed E-state index contributed by atoms with van der Waals surface area (Å²) in [5, 5.41) is 0. The maximum absolute atomic E-state index is 12.0. The van der Waals surface area contributed by atoms with E-state index in [4.69, 9.17) is 19.9 Å². The highest BCUT2D eigenvalue weighted by Gasteiger charge is 2.13. The van der Waals surface area contributed by atoms with Gasteiger partial charge in [-0.05, 0) is 0 Å². The molecule has 0 saturated carbocycles. The number of rotatable bonds is 7. The lowest BCUT2D eigenvalue weighted by atomic mass is 10.2. The number of benzene rings is 1. The van der Waals surface area contributed by atoms with Gasteiger partial charge < -0.3 is 24.5 Å². The first kappa shape index (κ1) is 15.3. The lowest BCUT2D eigenvalue weighted by molar-refractivity contribution is 0.0151. The predicted molar refractivity (Wildman–Crippen MR) is 74.1 cm³/mol. The van der Waals surface area contributed by atoms with Crippen LogP contribution in [0.3, 0.4) is 0 Å². The molecule has 0 bridgehead atoms. The van der Waals surface area contributed by atoms with Gasteiger partial charge in [0.05, 0.1) is 31.9 Å². The summed E-state index contributed by atoms with van der Waals surface area (Å²) in [6, 6.07) is 3.45. The highest BCUT2D eigenvalue weighted by molar-refractivity contribution is 5.82. The number of methoxy groups -OCH3 is 2. The lowest BCUT2D eigenvalue weighted by Crippen LogP contribution is -2.12. The van der Waals surface area contributed by atoms with Gasteiger partial charge in [0.2, 0.25) is 5.95 Å². The molecule has 0 fully saturated rings. The van der Waals surface area contributed by atoms with E-state index < -0.39 is 13.0 Å². The van der Waals surface area contributed by atoms with Crippen LogP contribution in [0.2, 0.25) is 0 Å². The topological polar surface area (TPSA) is 71.5 Å². The number of aromatic nitrogens is 2. The van der Waals surface area contributed by atoms with Gasteiger partial charge in [-0.15, -0.1) is 0 Å². The second-order valence-electron chi connectivity index (χ2n) is 4.28. The average molecular weight is 301 g/mol. The Morgan fingerprint density at radius 2 is 1.90 bits per heavy atom. The van der Waals surface area contributed by atoms with E-state index in [2.05, 4.69) is 4.98 Å². The molecule has 0 spiro atoms. The molecule has 2 rings (SSSR count). The van der Waals surface area contributed by atoms with Crippen LogP contribution in [0.1, 0.15) is 0 Å². The van der Waals surface area contributed by atoms with E-state index >= 15 is 0 Å². The number of anilines is 1. The van der Waals surface area contributed by atoms with Crippen molar-refractivity contribution < 1.29 is 23.0 Å². The number of hydrogen-bond acceptors (Lipinski definition) is 5. The van der Waals surface area contributed by atoms with Gasteiger partial charge in [0, 0.05) is 18.7 Å². The van der Waals surface area contributed by atoms with Crippen molar-refractivity contribution in [3.8, 4) is 11.5 Å². The van der Waals surface area contributed by atoms with E-state index in [0.29, 0.717) is 23.6 Å². The highest BCUT2D eigenvalue weighted by atomic mass is 19.3. The average Bonchev–Trinajstić information content (AvgIpc) is 2.76. The molecule has 2 aromatic rings. The first-order valence-electron chi connectivity index (χ1n) is 6.30. The van der Waals surface area contributed by atoms with Crippen molar-refractivity contribution in [3.63, 3.8) is 0 Å². The molecular weight excluding hydrogens is 284 g/mol. The Labute approximate surface area is 120 Å². The molecule has 0 aliphatic carbocycles. The van der Waals surface area contributed by atoms with Crippen LogP contribution >= 0.6 is 0 Å². The molecule has 21 heavy (non-hydrogen) atoms. The number of fused-ring (bicyclic) bond motifs is 1. The molecule has 0 saturated heterocycles. The molecule has 1 aromatic carbocycles. The summed E-state index contributed by atoms with van der Waals surface area (Å²) in [5.41, 5.74) is 7.21. The predicted octanol–water partition coefficient (Wildman–Crippen LogP) is 1.92. The Morgan fingerprint density at radius 1 is 1.24 bits per heavy atom. The zero-order valence-corrected chi connectivity index (χ0v) is 11.8. The molecule has 8 heteroatoms. The van der Waals surface area contributed by atoms with E-state index in [1.807, 2.05) is 0 Å². The van der Waals surface area contributed by atoms with Crippen LogP contribution in [0.15, 0.2) is 12.1 Å². The molecule has 0 amide bonds. The molecule has 1 heterocycles. The van der Waals surface area contributed by atoms with Crippen molar-refractivity contribution in [3.05, 3.63) is 12.1 Å². The highest BCUT2D eigenvalue weighted by Crippen LogP contribution is 2.32. The summed E-state index contributed by atoms with van der Waals surface area (Å²) >= 11 is 0. The minimum Gasteiger partial charge on any atom is -0.493 e. The minimum atomic E-state index is -2.48. The third-order valence-electron chi connectivity index (χ3n) is 2.99. The van der Waals surface area contributed by atoms with Crippen molar-refractivity contribution in [2.45, 2.75) is 13.0 Å². The van der Waals surface area contributed by atoms with E-state index in [9.17, 15) is 8.78 Å². The fourth-order valence-corrected chi connectivity index (χ4v) is 2.03. The molecule has 0 atom stereocenters. The fraction of sp³-hybridized carbons (Fsp3) is 0.462. The van der Waals surface area contributed by atoms with Crippen molar-refractivity contribution >= 4 is 17.0 Å². The van der Waals surface area contributed by atoms with Crippen LogP contribution in [0.25, 0.3) is 11.0 Å². The van der Waals surface area contributed by atoms with Gasteiger partial charge in [-0.25, -0.2) is 13.8 Å². The first-order valence-corrected chi connectivity index (χ1v) is 6.30. The number of nitrogens with zero attached hydrogens (tertiary/aromatic N) is 2. The fourth-order valence-electron chi connectivity index (χ4n) is 2.03. The van der Waals surface area contributed by atoms with Crippen LogP contribution < -0.4 is 15.2 Å². The van der Waals surface area contributed by atoms with Crippen molar-refractivity contribution in [2.75, 3.05) is 33.2 Å². The Morgan fingerprint density at radius 3 is 2.52 bits per heavy atom. The van der Waals surface area contributed by atoms with E-state index in [1.54, 1.807) is 16.7 Å². The summed E-state index contributed by atoms with van der Waals surface area (Å²) < 4.78 is 41.0. The number of nitrogens with two attached hydrogens (primary N) is 1. The summed E-state index contributed by atoms with van der Waals surface area (Å²) in [6.07, 6.45) is -2.48. The maximum atomic E-state index is 12.0. The summed E-state index contributed by atoms with van der Waals surface area (Å²) in [5.74, 6) is 1.37. The van der Waals surface area contributed by atoms with E-state index in [-0.39, 0.29) is 12.6 Å². The number of alkyl halides is 2. The van der Waals surface area contributed by atoms with Crippen LogP contribution in [0, 0.1) is 0 Å². The van der Waals surface area contributed by atoms with Gasteiger partial charge in [0.1, 0.15) is 6.61 Å². The minimum absolute atomic E-state index is 0.119. The van der Waals surface area contributed by atoms with Gasteiger partial charge in [0.25, 0.3) is 6.43 Å². The third kappa shape index (κ3) is 3.33. The second kappa shape index (κ2) is 6.57. The molecule has 0 aliphatic heterocycles. The Kier molecular flexibility index (Phi) is 4.79. The largest absolute Gasteiger partial charge is 0.493 e. The van der Waals surface area contributed by atoms with Crippen LogP contribution in [-0.4, -0.2) is 43.4 Å². The lowest BCUT2D eigenvalue weighted by Gasteiger charge is -2.10. The van der Waals surface area contributed by atoms with Crippen molar-refractivity contribution in [1.29, 1.82) is 0 Å². The van der Waals surface area contributed by atoms with Gasteiger partial charge in [-0.2, -0.15) is 0 Å². The van der Waals surface area contributed by atoms with E-state index in [0.717, 1.165) is 5.52 Å². The zero-order chi connectivity index (χ0) is 15.4. The van der Waals surface area contributed by atoms with Gasteiger partial charge in [0.15, 0.2) is 11.5 Å². The molecule has 1 aromatic heterocycles. The number of hydrogen-bond donors (Lipinski definition) is 1. The number of imidazole rings is 1. The zero-order valence-electron chi connectivity index (χ0n) is 11.8. The number of ether oxygens (including phenoxy) is 3. The van der Waals surface area contributed by atoms with Gasteiger partial charge in [-0.3, -0.25) is 0 Å². The van der Waals surface area contributed by atoms with Crippen LogP contribution in [-0.2, 0) is 11.3 Å². The molecule has 116 valence electrons. The molecule has 0 unspecified atom stereocenters. The quantitative estimate of drug-likeness (QED) is 0.791. The smallest absolute Gasteiger partial charge is 0.261 e.